The van der Waals surface area contributed by atoms with Crippen molar-refractivity contribution in [3.63, 3.8) is 0 Å². The van der Waals surface area contributed by atoms with E-state index < -0.39 is 11.9 Å². The monoisotopic (exact) mass is 332 g/mol. The molecule has 130 valence electrons. The highest BCUT2D eigenvalue weighted by Gasteiger charge is 2.25. The van der Waals surface area contributed by atoms with Crippen molar-refractivity contribution < 1.29 is 19.1 Å². The molecule has 1 saturated carbocycles. The number of carbonyl (C=O) groups is 3. The molecule has 2 rings (SSSR count). The lowest BCUT2D eigenvalue weighted by Gasteiger charge is -2.11. The summed E-state index contributed by atoms with van der Waals surface area (Å²) in [4.78, 5) is 35.7. The first-order chi connectivity index (χ1) is 11.5. The summed E-state index contributed by atoms with van der Waals surface area (Å²) in [5, 5.41) is 5.51. The van der Waals surface area contributed by atoms with E-state index in [1.807, 2.05) is 13.8 Å². The zero-order chi connectivity index (χ0) is 17.5. The highest BCUT2D eigenvalue weighted by Crippen LogP contribution is 2.21. The molecule has 24 heavy (non-hydrogen) atoms. The molecule has 1 aromatic rings. The minimum Gasteiger partial charge on any atom is -0.456 e. The molecular formula is C18H24N2O4. The van der Waals surface area contributed by atoms with Crippen molar-refractivity contribution in [3.05, 3.63) is 29.8 Å². The number of hydrogen-bond donors (Lipinski definition) is 2. The third-order valence-corrected chi connectivity index (χ3v) is 3.65. The van der Waals surface area contributed by atoms with E-state index in [1.165, 1.54) is 0 Å². The van der Waals surface area contributed by atoms with E-state index in [1.54, 1.807) is 24.3 Å². The van der Waals surface area contributed by atoms with Gasteiger partial charge >= 0.3 is 5.97 Å². The molecule has 1 fully saturated rings. The van der Waals surface area contributed by atoms with Crippen LogP contribution in [-0.2, 0) is 14.3 Å². The molecule has 0 bridgehead atoms. The molecule has 1 aliphatic rings. The van der Waals surface area contributed by atoms with Crippen LogP contribution < -0.4 is 10.6 Å². The van der Waals surface area contributed by atoms with Gasteiger partial charge in [0.1, 0.15) is 0 Å². The van der Waals surface area contributed by atoms with E-state index in [2.05, 4.69) is 10.6 Å². The van der Waals surface area contributed by atoms with E-state index in [9.17, 15) is 14.4 Å². The van der Waals surface area contributed by atoms with Gasteiger partial charge in [0.15, 0.2) is 6.61 Å². The van der Waals surface area contributed by atoms with Crippen LogP contribution in [0.15, 0.2) is 24.3 Å². The Morgan fingerprint density at radius 2 is 1.92 bits per heavy atom. The first-order valence-electron chi connectivity index (χ1n) is 8.31. The molecule has 1 aliphatic carbocycles. The number of para-hydroxylation sites is 1. The number of ether oxygens (including phenoxy) is 1. The molecule has 6 nitrogen and oxygen atoms in total. The molecule has 0 unspecified atom stereocenters. The van der Waals surface area contributed by atoms with Crippen LogP contribution in [0.5, 0.6) is 0 Å². The predicted molar refractivity (Wildman–Crippen MR) is 90.6 cm³/mol. The van der Waals surface area contributed by atoms with Crippen LogP contribution >= 0.6 is 0 Å². The number of carbonyl (C=O) groups excluding carboxylic acids is 3. The molecule has 0 aromatic heterocycles. The average molecular weight is 332 g/mol. The molecule has 0 atom stereocenters. The van der Waals surface area contributed by atoms with Gasteiger partial charge in [-0.15, -0.1) is 0 Å². The Morgan fingerprint density at radius 3 is 2.58 bits per heavy atom. The van der Waals surface area contributed by atoms with E-state index in [0.29, 0.717) is 23.6 Å². The maximum Gasteiger partial charge on any atom is 0.306 e. The normalized spacial score (nSPS) is 13.5. The van der Waals surface area contributed by atoms with Crippen LogP contribution in [0.3, 0.4) is 0 Å². The van der Waals surface area contributed by atoms with Crippen LogP contribution in [0.25, 0.3) is 0 Å². The van der Waals surface area contributed by atoms with Crippen molar-refractivity contribution >= 4 is 23.5 Å². The summed E-state index contributed by atoms with van der Waals surface area (Å²) in [5.74, 6) is -0.649. The van der Waals surface area contributed by atoms with Gasteiger partial charge in [-0.1, -0.05) is 26.0 Å². The third-order valence-electron chi connectivity index (χ3n) is 3.65. The van der Waals surface area contributed by atoms with Crippen molar-refractivity contribution in [1.82, 2.24) is 5.32 Å². The second-order valence-electron chi connectivity index (χ2n) is 6.43. The number of anilines is 1. The van der Waals surface area contributed by atoms with Gasteiger partial charge in [0, 0.05) is 12.5 Å². The van der Waals surface area contributed by atoms with Crippen LogP contribution in [0.2, 0.25) is 0 Å². The topological polar surface area (TPSA) is 84.5 Å². The van der Waals surface area contributed by atoms with Crippen molar-refractivity contribution in [3.8, 4) is 0 Å². The standard InChI is InChI=1S/C18H24N2O4/c1-12(2)7-10-17(22)24-11-16(21)20-15-6-4-3-5-14(15)18(23)19-13-8-9-13/h3-6,12-13H,7-11H2,1-2H3,(H,19,23)(H,20,21). The van der Waals surface area contributed by atoms with Crippen LogP contribution in [0.4, 0.5) is 5.69 Å². The van der Waals surface area contributed by atoms with E-state index in [-0.39, 0.29) is 18.6 Å². The number of esters is 1. The van der Waals surface area contributed by atoms with Crippen LogP contribution in [0.1, 0.15) is 49.9 Å². The maximum absolute atomic E-state index is 12.2. The summed E-state index contributed by atoms with van der Waals surface area (Å²) in [7, 11) is 0. The summed E-state index contributed by atoms with van der Waals surface area (Å²) in [6.07, 6.45) is 3.01. The highest BCUT2D eigenvalue weighted by atomic mass is 16.5. The van der Waals surface area contributed by atoms with Crippen molar-refractivity contribution in [2.75, 3.05) is 11.9 Å². The van der Waals surface area contributed by atoms with Crippen molar-refractivity contribution in [2.45, 2.75) is 45.6 Å². The number of benzene rings is 1. The van der Waals surface area contributed by atoms with Crippen LogP contribution in [-0.4, -0.2) is 30.4 Å². The highest BCUT2D eigenvalue weighted by molar-refractivity contribution is 6.04. The van der Waals surface area contributed by atoms with Gasteiger partial charge < -0.3 is 15.4 Å². The second-order valence-corrected chi connectivity index (χ2v) is 6.43. The van der Waals surface area contributed by atoms with Gasteiger partial charge in [-0.05, 0) is 37.3 Å². The summed E-state index contributed by atoms with van der Waals surface area (Å²) in [6.45, 7) is 3.68. The fourth-order valence-electron chi connectivity index (χ4n) is 2.09. The molecule has 0 saturated heterocycles. The van der Waals surface area contributed by atoms with Gasteiger partial charge in [-0.2, -0.15) is 0 Å². The first-order valence-corrected chi connectivity index (χ1v) is 8.31. The number of hydrogen-bond acceptors (Lipinski definition) is 4. The molecule has 0 radical (unpaired) electrons. The smallest absolute Gasteiger partial charge is 0.306 e. The van der Waals surface area contributed by atoms with Gasteiger partial charge in [0.05, 0.1) is 11.3 Å². The Morgan fingerprint density at radius 1 is 1.21 bits per heavy atom. The second kappa shape index (κ2) is 8.47. The molecule has 0 aliphatic heterocycles. The lowest BCUT2D eigenvalue weighted by molar-refractivity contribution is -0.147. The van der Waals surface area contributed by atoms with E-state index >= 15 is 0 Å². The zero-order valence-corrected chi connectivity index (χ0v) is 14.1. The number of rotatable bonds is 8. The number of nitrogens with one attached hydrogen (secondary N) is 2. The fraction of sp³-hybridized carbons (Fsp3) is 0.500. The largest absolute Gasteiger partial charge is 0.456 e. The summed E-state index contributed by atoms with van der Waals surface area (Å²) in [5.41, 5.74) is 0.822. The quantitative estimate of drug-likeness (QED) is 0.716. The molecule has 2 amide bonds. The molecule has 6 heteroatoms. The molecule has 0 spiro atoms. The molecule has 0 heterocycles. The minimum absolute atomic E-state index is 0.206. The van der Waals surface area contributed by atoms with Crippen LogP contribution in [0, 0.1) is 5.92 Å². The third kappa shape index (κ3) is 6.02. The number of amides is 2. The molecule has 2 N–H and O–H groups in total. The Kier molecular flexibility index (Phi) is 6.35. The van der Waals surface area contributed by atoms with E-state index in [4.69, 9.17) is 4.74 Å². The summed E-state index contributed by atoms with van der Waals surface area (Å²) in [6, 6.07) is 7.02. The maximum atomic E-state index is 12.2. The van der Waals surface area contributed by atoms with Gasteiger partial charge in [-0.3, -0.25) is 14.4 Å². The predicted octanol–water partition coefficient (Wildman–Crippen LogP) is 2.50. The lowest BCUT2D eigenvalue weighted by atomic mass is 10.1. The SMILES string of the molecule is CC(C)CCC(=O)OCC(=O)Nc1ccccc1C(=O)NC1CC1. The summed E-state index contributed by atoms with van der Waals surface area (Å²) >= 11 is 0. The van der Waals surface area contributed by atoms with Gasteiger partial charge in [0.25, 0.3) is 11.8 Å². The minimum atomic E-state index is -0.459. The van der Waals surface area contributed by atoms with Gasteiger partial charge in [0.2, 0.25) is 0 Å². The van der Waals surface area contributed by atoms with E-state index in [0.717, 1.165) is 19.3 Å². The first kappa shape index (κ1) is 18.0. The fourth-order valence-corrected chi connectivity index (χ4v) is 2.09. The van der Waals surface area contributed by atoms with Crippen molar-refractivity contribution in [2.24, 2.45) is 5.92 Å². The zero-order valence-electron chi connectivity index (χ0n) is 14.1. The van der Waals surface area contributed by atoms with Crippen molar-refractivity contribution in [1.29, 1.82) is 0 Å². The average Bonchev–Trinajstić information content (AvgIpc) is 3.35. The Balaban J connectivity index is 1.85. The Bertz CT molecular complexity index is 609. The molecule has 1 aromatic carbocycles. The lowest BCUT2D eigenvalue weighted by Crippen LogP contribution is -2.28. The van der Waals surface area contributed by atoms with Gasteiger partial charge in [-0.25, -0.2) is 0 Å². The Labute approximate surface area is 142 Å². The Hall–Kier alpha value is -2.37. The molecular weight excluding hydrogens is 308 g/mol. The summed E-state index contributed by atoms with van der Waals surface area (Å²) < 4.78 is 4.95.